The predicted molar refractivity (Wildman–Crippen MR) is 53.3 cm³/mol. The van der Waals surface area contributed by atoms with Crippen LogP contribution in [0, 0.1) is 0 Å². The lowest BCUT2D eigenvalue weighted by atomic mass is 9.85. The third kappa shape index (κ3) is 1.10. The number of nitrogens with one attached hydrogen (secondary N) is 1. The number of aromatic nitrogens is 4. The number of fused-ring (bicyclic) bond motifs is 1. The molecule has 1 N–H and O–H groups in total. The van der Waals surface area contributed by atoms with Crippen molar-refractivity contribution in [3.63, 3.8) is 0 Å². The molecule has 0 atom stereocenters. The zero-order chi connectivity index (χ0) is 9.54. The van der Waals surface area contributed by atoms with Crippen LogP contribution in [-0.4, -0.2) is 20.2 Å². The van der Waals surface area contributed by atoms with Crippen LogP contribution < -0.4 is 0 Å². The number of halogens is 1. The molecule has 0 unspecified atom stereocenters. The van der Waals surface area contributed by atoms with Crippen LogP contribution in [0.15, 0.2) is 6.20 Å². The average Bonchev–Trinajstić information content (AvgIpc) is 2.48. The number of hydrogen-bond acceptors (Lipinski definition) is 3. The Morgan fingerprint density at radius 3 is 2.93 bits per heavy atom. The average molecular weight is 209 g/mol. The molecule has 2 heterocycles. The first-order chi connectivity index (χ1) is 6.84. The topological polar surface area (TPSA) is 54.5 Å². The monoisotopic (exact) mass is 208 g/mol. The Hall–Kier alpha value is -1.16. The molecule has 0 aromatic carbocycles. The summed E-state index contributed by atoms with van der Waals surface area (Å²) >= 11 is 6.01. The first-order valence-corrected chi connectivity index (χ1v) is 5.09. The molecular formula is C9H9ClN4. The molecule has 0 bridgehead atoms. The second kappa shape index (κ2) is 2.92. The van der Waals surface area contributed by atoms with E-state index in [1.165, 1.54) is 19.3 Å². The Morgan fingerprint density at radius 2 is 2.21 bits per heavy atom. The van der Waals surface area contributed by atoms with Crippen LogP contribution in [0.4, 0.5) is 0 Å². The fourth-order valence-corrected chi connectivity index (χ4v) is 1.90. The largest absolute Gasteiger partial charge is 0.273 e. The summed E-state index contributed by atoms with van der Waals surface area (Å²) in [6.07, 6.45) is 5.32. The Bertz CT molecular complexity index is 475. The van der Waals surface area contributed by atoms with Gasteiger partial charge in [-0.2, -0.15) is 5.10 Å². The summed E-state index contributed by atoms with van der Waals surface area (Å²) in [4.78, 5) is 8.71. The predicted octanol–water partition coefficient (Wildman–Crippen LogP) is 2.27. The summed E-state index contributed by atoms with van der Waals surface area (Å²) in [6.45, 7) is 0. The van der Waals surface area contributed by atoms with Crippen molar-refractivity contribution in [3.05, 3.63) is 17.2 Å². The van der Waals surface area contributed by atoms with Gasteiger partial charge >= 0.3 is 0 Å². The van der Waals surface area contributed by atoms with Gasteiger partial charge in [-0.25, -0.2) is 9.97 Å². The molecule has 4 nitrogen and oxygen atoms in total. The van der Waals surface area contributed by atoms with Crippen molar-refractivity contribution in [2.24, 2.45) is 0 Å². The Balaban J connectivity index is 2.16. The lowest BCUT2D eigenvalue weighted by Gasteiger charge is -2.23. The van der Waals surface area contributed by atoms with Gasteiger partial charge in [0, 0.05) is 5.92 Å². The molecule has 0 saturated heterocycles. The van der Waals surface area contributed by atoms with Crippen LogP contribution in [0.2, 0.25) is 5.15 Å². The van der Waals surface area contributed by atoms with Crippen LogP contribution in [0.25, 0.3) is 11.0 Å². The van der Waals surface area contributed by atoms with Crippen molar-refractivity contribution >= 4 is 22.6 Å². The Kier molecular flexibility index (Phi) is 1.70. The first kappa shape index (κ1) is 8.17. The number of aromatic amines is 1. The van der Waals surface area contributed by atoms with E-state index < -0.39 is 0 Å². The second-order valence-electron chi connectivity index (χ2n) is 3.63. The molecule has 0 aliphatic heterocycles. The number of rotatable bonds is 1. The number of nitrogens with zero attached hydrogens (tertiary/aromatic N) is 3. The van der Waals surface area contributed by atoms with Gasteiger partial charge < -0.3 is 0 Å². The Labute approximate surface area is 85.7 Å². The summed E-state index contributed by atoms with van der Waals surface area (Å²) in [7, 11) is 0. The highest BCUT2D eigenvalue weighted by Crippen LogP contribution is 2.35. The SMILES string of the molecule is Clc1nc(C2CCC2)nc2cn[nH]c12. The highest BCUT2D eigenvalue weighted by molar-refractivity contribution is 6.33. The molecule has 1 aliphatic rings. The molecular weight excluding hydrogens is 200 g/mol. The van der Waals surface area contributed by atoms with Crippen molar-refractivity contribution in [3.8, 4) is 0 Å². The smallest absolute Gasteiger partial charge is 0.158 e. The van der Waals surface area contributed by atoms with Crippen LogP contribution >= 0.6 is 11.6 Å². The summed E-state index contributed by atoms with van der Waals surface area (Å²) in [5, 5.41) is 7.16. The van der Waals surface area contributed by atoms with E-state index in [9.17, 15) is 0 Å². The van der Waals surface area contributed by atoms with E-state index in [4.69, 9.17) is 11.6 Å². The van der Waals surface area contributed by atoms with Gasteiger partial charge in [-0.3, -0.25) is 5.10 Å². The summed E-state index contributed by atoms with van der Waals surface area (Å²) in [6, 6.07) is 0. The minimum Gasteiger partial charge on any atom is -0.273 e. The third-order valence-corrected chi connectivity index (χ3v) is 3.02. The van der Waals surface area contributed by atoms with E-state index in [1.54, 1.807) is 6.20 Å². The second-order valence-corrected chi connectivity index (χ2v) is 3.99. The van der Waals surface area contributed by atoms with E-state index in [0.717, 1.165) is 16.9 Å². The van der Waals surface area contributed by atoms with Gasteiger partial charge in [0.25, 0.3) is 0 Å². The quantitative estimate of drug-likeness (QED) is 0.732. The Morgan fingerprint density at radius 1 is 1.36 bits per heavy atom. The van der Waals surface area contributed by atoms with Gasteiger partial charge in [0.15, 0.2) is 5.15 Å². The molecule has 1 saturated carbocycles. The molecule has 5 heteroatoms. The van der Waals surface area contributed by atoms with Gasteiger partial charge in [0.1, 0.15) is 16.9 Å². The lowest BCUT2D eigenvalue weighted by Crippen LogP contribution is -2.12. The summed E-state index contributed by atoms with van der Waals surface area (Å²) in [5.74, 6) is 1.38. The van der Waals surface area contributed by atoms with Crippen LogP contribution in [0.1, 0.15) is 31.0 Å². The van der Waals surface area contributed by atoms with Gasteiger partial charge in [-0.15, -0.1) is 0 Å². The molecule has 1 fully saturated rings. The van der Waals surface area contributed by atoms with E-state index >= 15 is 0 Å². The summed E-state index contributed by atoms with van der Waals surface area (Å²) < 4.78 is 0. The molecule has 2 aromatic rings. The van der Waals surface area contributed by atoms with Crippen LogP contribution in [0.3, 0.4) is 0 Å². The van der Waals surface area contributed by atoms with Crippen molar-refractivity contribution in [2.75, 3.05) is 0 Å². The molecule has 0 amide bonds. The van der Waals surface area contributed by atoms with Gasteiger partial charge in [0.05, 0.1) is 6.20 Å². The van der Waals surface area contributed by atoms with E-state index in [-0.39, 0.29) is 0 Å². The van der Waals surface area contributed by atoms with Crippen LogP contribution in [-0.2, 0) is 0 Å². The molecule has 1 aliphatic carbocycles. The van der Waals surface area contributed by atoms with Crippen molar-refractivity contribution in [1.82, 2.24) is 20.2 Å². The number of hydrogen-bond donors (Lipinski definition) is 1. The van der Waals surface area contributed by atoms with Gasteiger partial charge in [-0.05, 0) is 12.8 Å². The third-order valence-electron chi connectivity index (χ3n) is 2.74. The van der Waals surface area contributed by atoms with E-state index in [2.05, 4.69) is 20.2 Å². The molecule has 14 heavy (non-hydrogen) atoms. The highest BCUT2D eigenvalue weighted by Gasteiger charge is 2.23. The van der Waals surface area contributed by atoms with Crippen molar-refractivity contribution in [2.45, 2.75) is 25.2 Å². The minimum atomic E-state index is 0.481. The maximum absolute atomic E-state index is 6.01. The zero-order valence-electron chi connectivity index (χ0n) is 7.50. The van der Waals surface area contributed by atoms with Gasteiger partial charge in [-0.1, -0.05) is 18.0 Å². The minimum absolute atomic E-state index is 0.481. The van der Waals surface area contributed by atoms with E-state index in [1.807, 2.05) is 0 Å². The van der Waals surface area contributed by atoms with Crippen molar-refractivity contribution < 1.29 is 0 Å². The fraction of sp³-hybridized carbons (Fsp3) is 0.444. The lowest BCUT2D eigenvalue weighted by molar-refractivity contribution is 0.402. The normalized spacial score (nSPS) is 17.2. The molecule has 0 spiro atoms. The van der Waals surface area contributed by atoms with Crippen LogP contribution in [0.5, 0.6) is 0 Å². The van der Waals surface area contributed by atoms with Crippen molar-refractivity contribution in [1.29, 1.82) is 0 Å². The maximum Gasteiger partial charge on any atom is 0.158 e. The first-order valence-electron chi connectivity index (χ1n) is 4.71. The van der Waals surface area contributed by atoms with Gasteiger partial charge in [0.2, 0.25) is 0 Å². The zero-order valence-corrected chi connectivity index (χ0v) is 8.25. The number of H-pyrrole nitrogens is 1. The standard InChI is InChI=1S/C9H9ClN4/c10-8-7-6(4-11-14-7)12-9(13-8)5-2-1-3-5/h4-5H,1-3H2,(H,11,14). The molecule has 2 aromatic heterocycles. The highest BCUT2D eigenvalue weighted by atomic mass is 35.5. The molecule has 3 rings (SSSR count). The maximum atomic E-state index is 6.01. The fourth-order valence-electron chi connectivity index (χ4n) is 1.67. The summed E-state index contributed by atoms with van der Waals surface area (Å²) in [5.41, 5.74) is 1.54. The molecule has 72 valence electrons. The van der Waals surface area contributed by atoms with E-state index in [0.29, 0.717) is 11.1 Å². The molecule has 0 radical (unpaired) electrons.